The Morgan fingerprint density at radius 1 is 1.26 bits per heavy atom. The van der Waals surface area contributed by atoms with Gasteiger partial charge < -0.3 is 19.5 Å². The monoisotopic (exact) mass is 373 g/mol. The van der Waals surface area contributed by atoms with Crippen LogP contribution in [0.3, 0.4) is 0 Å². The van der Waals surface area contributed by atoms with Crippen LogP contribution in [0.2, 0.25) is 0 Å². The van der Waals surface area contributed by atoms with Crippen LogP contribution in [-0.2, 0) is 16.1 Å². The van der Waals surface area contributed by atoms with E-state index < -0.39 is 5.97 Å². The summed E-state index contributed by atoms with van der Waals surface area (Å²) >= 11 is 0. The molecule has 1 N–H and O–H groups in total. The van der Waals surface area contributed by atoms with E-state index in [1.165, 1.54) is 4.68 Å². The Balaban J connectivity index is 1.61. The van der Waals surface area contributed by atoms with Crippen molar-refractivity contribution in [1.29, 1.82) is 0 Å². The van der Waals surface area contributed by atoms with Crippen molar-refractivity contribution in [2.75, 3.05) is 26.8 Å². The van der Waals surface area contributed by atoms with Gasteiger partial charge in [-0.25, -0.2) is 0 Å². The van der Waals surface area contributed by atoms with Crippen LogP contribution < -0.4 is 9.47 Å². The highest BCUT2D eigenvalue weighted by Crippen LogP contribution is 2.28. The number of nitrogens with zero attached hydrogens (tertiary/aromatic N) is 3. The summed E-state index contributed by atoms with van der Waals surface area (Å²) in [5, 5.41) is 13.1. The molecule has 0 spiro atoms. The van der Waals surface area contributed by atoms with Gasteiger partial charge in [-0.3, -0.25) is 14.3 Å². The van der Waals surface area contributed by atoms with Gasteiger partial charge >= 0.3 is 5.97 Å². The van der Waals surface area contributed by atoms with Crippen LogP contribution in [0.15, 0.2) is 36.5 Å². The van der Waals surface area contributed by atoms with Gasteiger partial charge in [-0.2, -0.15) is 5.10 Å². The second-order valence-corrected chi connectivity index (χ2v) is 6.43. The second kappa shape index (κ2) is 8.57. The standard InChI is InChI=1S/C19H23N3O5/c1-26-16-6-2-3-7-17(16)27-13-18(23)21-10-4-5-14(11-21)15-8-9-20-22(15)12-19(24)25/h2-3,6-9,14H,4-5,10-13H2,1H3,(H,24,25). The van der Waals surface area contributed by atoms with E-state index in [1.54, 1.807) is 30.3 Å². The number of rotatable bonds is 7. The highest BCUT2D eigenvalue weighted by molar-refractivity contribution is 5.78. The molecule has 0 bridgehead atoms. The number of hydrogen-bond acceptors (Lipinski definition) is 5. The third-order valence-corrected chi connectivity index (χ3v) is 4.65. The van der Waals surface area contributed by atoms with Gasteiger partial charge in [0.1, 0.15) is 6.54 Å². The Morgan fingerprint density at radius 3 is 2.78 bits per heavy atom. The van der Waals surface area contributed by atoms with Gasteiger partial charge in [-0.15, -0.1) is 0 Å². The zero-order valence-corrected chi connectivity index (χ0v) is 15.2. The minimum Gasteiger partial charge on any atom is -0.493 e. The number of carboxylic acid groups (broad SMARTS) is 1. The van der Waals surface area contributed by atoms with Crippen molar-refractivity contribution < 1.29 is 24.2 Å². The predicted molar refractivity (Wildman–Crippen MR) is 96.9 cm³/mol. The van der Waals surface area contributed by atoms with Crippen molar-refractivity contribution >= 4 is 11.9 Å². The van der Waals surface area contributed by atoms with E-state index in [-0.39, 0.29) is 25.0 Å². The lowest BCUT2D eigenvalue weighted by Gasteiger charge is -2.33. The number of benzene rings is 1. The first kappa shape index (κ1) is 18.8. The Hall–Kier alpha value is -3.03. The van der Waals surface area contributed by atoms with E-state index in [2.05, 4.69) is 5.10 Å². The van der Waals surface area contributed by atoms with Crippen LogP contribution in [-0.4, -0.2) is 58.5 Å². The number of amides is 1. The minimum atomic E-state index is -0.936. The summed E-state index contributed by atoms with van der Waals surface area (Å²) in [6, 6.07) is 9.02. The minimum absolute atomic E-state index is 0.0656. The number of piperidine rings is 1. The van der Waals surface area contributed by atoms with Crippen LogP contribution in [0.1, 0.15) is 24.5 Å². The van der Waals surface area contributed by atoms with Gasteiger partial charge in [0.05, 0.1) is 7.11 Å². The van der Waals surface area contributed by atoms with Crippen LogP contribution in [0, 0.1) is 0 Å². The molecule has 1 aromatic carbocycles. The van der Waals surface area contributed by atoms with Crippen molar-refractivity contribution in [3.63, 3.8) is 0 Å². The lowest BCUT2D eigenvalue weighted by molar-refractivity contribution is -0.138. The fourth-order valence-electron chi connectivity index (χ4n) is 3.36. The molecule has 27 heavy (non-hydrogen) atoms. The van der Waals surface area contributed by atoms with Gasteiger partial charge in [-0.05, 0) is 31.0 Å². The third kappa shape index (κ3) is 4.58. The smallest absolute Gasteiger partial charge is 0.325 e. The predicted octanol–water partition coefficient (Wildman–Crippen LogP) is 1.76. The largest absolute Gasteiger partial charge is 0.493 e. The van der Waals surface area contributed by atoms with Crippen molar-refractivity contribution in [2.45, 2.75) is 25.3 Å². The van der Waals surface area contributed by atoms with Crippen molar-refractivity contribution in [2.24, 2.45) is 0 Å². The van der Waals surface area contributed by atoms with Crippen LogP contribution >= 0.6 is 0 Å². The van der Waals surface area contributed by atoms with Gasteiger partial charge in [0, 0.05) is 30.9 Å². The maximum atomic E-state index is 12.6. The maximum absolute atomic E-state index is 12.6. The molecule has 1 fully saturated rings. The van der Waals surface area contributed by atoms with E-state index in [1.807, 2.05) is 18.2 Å². The first-order valence-electron chi connectivity index (χ1n) is 8.85. The summed E-state index contributed by atoms with van der Waals surface area (Å²) in [6.07, 6.45) is 3.34. The summed E-state index contributed by atoms with van der Waals surface area (Å²) in [5.74, 6) is 0.139. The Bertz CT molecular complexity index is 804. The fourth-order valence-corrected chi connectivity index (χ4v) is 3.36. The first-order valence-corrected chi connectivity index (χ1v) is 8.85. The number of aromatic nitrogens is 2. The molecule has 1 aliphatic rings. The SMILES string of the molecule is COc1ccccc1OCC(=O)N1CCCC(c2ccnn2CC(=O)O)C1. The maximum Gasteiger partial charge on any atom is 0.325 e. The number of hydrogen-bond donors (Lipinski definition) is 1. The van der Waals surface area contributed by atoms with E-state index in [0.717, 1.165) is 18.5 Å². The normalized spacial score (nSPS) is 16.8. The molecule has 8 nitrogen and oxygen atoms in total. The molecule has 0 saturated carbocycles. The van der Waals surface area contributed by atoms with Gasteiger partial charge in [-0.1, -0.05) is 12.1 Å². The molecule has 0 aliphatic carbocycles. The van der Waals surface area contributed by atoms with Gasteiger partial charge in [0.15, 0.2) is 18.1 Å². The first-order chi connectivity index (χ1) is 13.1. The molecule has 0 radical (unpaired) electrons. The fraction of sp³-hybridized carbons (Fsp3) is 0.421. The van der Waals surface area contributed by atoms with Crippen molar-refractivity contribution in [3.05, 3.63) is 42.2 Å². The molecule has 8 heteroatoms. The van der Waals surface area contributed by atoms with Gasteiger partial charge in [0.2, 0.25) is 0 Å². The summed E-state index contributed by atoms with van der Waals surface area (Å²) in [7, 11) is 1.56. The quantitative estimate of drug-likeness (QED) is 0.795. The number of carbonyl (C=O) groups excluding carboxylic acids is 1. The molecule has 1 amide bonds. The Morgan fingerprint density at radius 2 is 2.04 bits per heavy atom. The summed E-state index contributed by atoms with van der Waals surface area (Å²) in [5.41, 5.74) is 0.848. The molecule has 1 unspecified atom stereocenters. The lowest BCUT2D eigenvalue weighted by atomic mass is 9.94. The van der Waals surface area contributed by atoms with Crippen molar-refractivity contribution in [1.82, 2.24) is 14.7 Å². The average molecular weight is 373 g/mol. The molecule has 3 rings (SSSR count). The number of methoxy groups -OCH3 is 1. The molecule has 1 aliphatic heterocycles. The van der Waals surface area contributed by atoms with E-state index in [0.29, 0.717) is 24.6 Å². The number of carbonyl (C=O) groups is 2. The summed E-state index contributed by atoms with van der Waals surface area (Å²) < 4.78 is 12.4. The topological polar surface area (TPSA) is 93.9 Å². The van der Waals surface area contributed by atoms with E-state index >= 15 is 0 Å². The number of likely N-dealkylation sites (tertiary alicyclic amines) is 1. The number of para-hydroxylation sites is 2. The molecular weight excluding hydrogens is 350 g/mol. The summed E-state index contributed by atoms with van der Waals surface area (Å²) in [6.45, 7) is 0.947. The van der Waals surface area contributed by atoms with Crippen molar-refractivity contribution in [3.8, 4) is 11.5 Å². The molecule has 1 saturated heterocycles. The number of ether oxygens (including phenoxy) is 2. The van der Waals surface area contributed by atoms with E-state index in [4.69, 9.17) is 14.6 Å². The molecule has 1 aromatic heterocycles. The zero-order chi connectivity index (χ0) is 19.2. The second-order valence-electron chi connectivity index (χ2n) is 6.43. The number of aliphatic carboxylic acids is 1. The van der Waals surface area contributed by atoms with Crippen LogP contribution in [0.25, 0.3) is 0 Å². The molecule has 2 aromatic rings. The Labute approximate surface area is 157 Å². The van der Waals surface area contributed by atoms with Gasteiger partial charge in [0.25, 0.3) is 5.91 Å². The molecular formula is C19H23N3O5. The lowest BCUT2D eigenvalue weighted by Crippen LogP contribution is -2.42. The highest BCUT2D eigenvalue weighted by atomic mass is 16.5. The third-order valence-electron chi connectivity index (χ3n) is 4.65. The molecule has 1 atom stereocenters. The zero-order valence-electron chi connectivity index (χ0n) is 15.2. The van der Waals surface area contributed by atoms with Crippen LogP contribution in [0.4, 0.5) is 0 Å². The summed E-state index contributed by atoms with van der Waals surface area (Å²) in [4.78, 5) is 25.4. The average Bonchev–Trinajstić information content (AvgIpc) is 3.13. The Kier molecular flexibility index (Phi) is 5.95. The van der Waals surface area contributed by atoms with E-state index in [9.17, 15) is 9.59 Å². The molecule has 2 heterocycles. The molecule has 144 valence electrons. The number of carboxylic acids is 1. The highest BCUT2D eigenvalue weighted by Gasteiger charge is 2.27. The van der Waals surface area contributed by atoms with Crippen LogP contribution in [0.5, 0.6) is 11.5 Å².